The van der Waals surface area contributed by atoms with E-state index >= 15 is 0 Å². The lowest BCUT2D eigenvalue weighted by atomic mass is 9.99. The van der Waals surface area contributed by atoms with Gasteiger partial charge in [-0.15, -0.1) is 0 Å². The van der Waals surface area contributed by atoms with Crippen molar-refractivity contribution in [2.75, 3.05) is 7.05 Å². The van der Waals surface area contributed by atoms with E-state index in [1.807, 2.05) is 27.7 Å². The number of carbonyl (C=O) groups excluding carboxylic acids is 2. The number of carbonyl (C=O) groups is 2. The fraction of sp³-hybridized carbons (Fsp3) is 0.867. The van der Waals surface area contributed by atoms with Gasteiger partial charge in [0.1, 0.15) is 6.04 Å². The van der Waals surface area contributed by atoms with Crippen molar-refractivity contribution in [3.63, 3.8) is 0 Å². The van der Waals surface area contributed by atoms with Gasteiger partial charge in [0.05, 0.1) is 0 Å². The molecule has 0 radical (unpaired) electrons. The lowest BCUT2D eigenvalue weighted by molar-refractivity contribution is -0.131. The minimum Gasteiger partial charge on any atom is -0.357 e. The van der Waals surface area contributed by atoms with Crippen LogP contribution in [0.2, 0.25) is 0 Å². The molecule has 3 unspecified atom stereocenters. The molecular formula is C15H31N3O2. The summed E-state index contributed by atoms with van der Waals surface area (Å²) < 4.78 is 0. The van der Waals surface area contributed by atoms with Crippen LogP contribution in [0.3, 0.4) is 0 Å². The van der Waals surface area contributed by atoms with E-state index in [1.54, 1.807) is 7.05 Å². The van der Waals surface area contributed by atoms with Gasteiger partial charge in [-0.3, -0.25) is 9.59 Å². The number of nitrogens with two attached hydrogens (primary N) is 1. The predicted octanol–water partition coefficient (Wildman–Crippen LogP) is 1.42. The molecule has 0 fully saturated rings. The van der Waals surface area contributed by atoms with Crippen LogP contribution in [0, 0.1) is 11.8 Å². The van der Waals surface area contributed by atoms with Gasteiger partial charge in [0.25, 0.3) is 0 Å². The monoisotopic (exact) mass is 285 g/mol. The molecule has 118 valence electrons. The molecule has 5 heteroatoms. The van der Waals surface area contributed by atoms with Crippen molar-refractivity contribution in [2.45, 2.75) is 65.5 Å². The number of hydrogen-bond donors (Lipinski definition) is 3. The third-order valence-electron chi connectivity index (χ3n) is 3.33. The number of nitrogens with one attached hydrogen (secondary N) is 2. The summed E-state index contributed by atoms with van der Waals surface area (Å²) in [5.41, 5.74) is 5.69. The number of likely N-dealkylation sites (N-methyl/N-ethyl adjacent to an activating group) is 1. The summed E-state index contributed by atoms with van der Waals surface area (Å²) in [5.74, 6) is 0.0813. The van der Waals surface area contributed by atoms with Crippen LogP contribution in [0.1, 0.15) is 53.4 Å². The second kappa shape index (κ2) is 9.75. The second-order valence-corrected chi connectivity index (χ2v) is 6.11. The highest BCUT2D eigenvalue weighted by Crippen LogP contribution is 2.11. The molecule has 5 nitrogen and oxygen atoms in total. The Balaban J connectivity index is 4.32. The molecule has 0 aliphatic carbocycles. The van der Waals surface area contributed by atoms with Crippen LogP contribution in [0.4, 0.5) is 0 Å². The lowest BCUT2D eigenvalue weighted by Gasteiger charge is -2.21. The van der Waals surface area contributed by atoms with Crippen LogP contribution in [0.5, 0.6) is 0 Å². The zero-order valence-corrected chi connectivity index (χ0v) is 13.5. The first-order chi connectivity index (χ1) is 9.27. The first-order valence-electron chi connectivity index (χ1n) is 7.55. The van der Waals surface area contributed by atoms with E-state index in [4.69, 9.17) is 5.73 Å². The largest absolute Gasteiger partial charge is 0.357 e. The molecule has 0 rings (SSSR count). The smallest absolute Gasteiger partial charge is 0.242 e. The summed E-state index contributed by atoms with van der Waals surface area (Å²) in [6.45, 7) is 7.93. The summed E-state index contributed by atoms with van der Waals surface area (Å²) in [6, 6.07) is -0.270. The van der Waals surface area contributed by atoms with Gasteiger partial charge in [-0.1, -0.05) is 27.2 Å². The van der Waals surface area contributed by atoms with Gasteiger partial charge >= 0.3 is 0 Å². The minimum absolute atomic E-state index is 0.0519. The predicted molar refractivity (Wildman–Crippen MR) is 82.1 cm³/mol. The zero-order chi connectivity index (χ0) is 15.7. The van der Waals surface area contributed by atoms with Gasteiger partial charge in [-0.25, -0.2) is 0 Å². The summed E-state index contributed by atoms with van der Waals surface area (Å²) >= 11 is 0. The molecule has 0 aliphatic heterocycles. The standard InChI is InChI=1S/C15H31N3O2/c1-10(2)9-13(15(20)17-5)18-14(19)11(3)7-6-8-12(4)16/h10-13H,6-9,16H2,1-5H3,(H,17,20)(H,18,19). The molecule has 0 aliphatic rings. The Hall–Kier alpha value is -1.10. The molecular weight excluding hydrogens is 254 g/mol. The van der Waals surface area contributed by atoms with Gasteiger partial charge in [-0.2, -0.15) is 0 Å². The Morgan fingerprint density at radius 3 is 2.10 bits per heavy atom. The average Bonchev–Trinajstić information content (AvgIpc) is 2.35. The zero-order valence-electron chi connectivity index (χ0n) is 13.5. The fourth-order valence-corrected chi connectivity index (χ4v) is 2.07. The van der Waals surface area contributed by atoms with Crippen molar-refractivity contribution >= 4 is 11.8 Å². The number of rotatable bonds is 9. The van der Waals surface area contributed by atoms with Crippen molar-refractivity contribution < 1.29 is 9.59 Å². The molecule has 0 heterocycles. The Kier molecular flexibility index (Phi) is 9.21. The Bertz CT molecular complexity index is 303. The molecule has 0 aromatic rings. The molecule has 2 amide bonds. The van der Waals surface area contributed by atoms with E-state index < -0.39 is 6.04 Å². The van der Waals surface area contributed by atoms with Gasteiger partial charge < -0.3 is 16.4 Å². The Labute approximate surface area is 123 Å². The van der Waals surface area contributed by atoms with Crippen molar-refractivity contribution in [1.82, 2.24) is 10.6 Å². The van der Waals surface area contributed by atoms with E-state index in [0.29, 0.717) is 12.3 Å². The van der Waals surface area contributed by atoms with E-state index in [1.165, 1.54) is 0 Å². The molecule has 20 heavy (non-hydrogen) atoms. The average molecular weight is 285 g/mol. The van der Waals surface area contributed by atoms with Gasteiger partial charge in [-0.05, 0) is 32.1 Å². The summed E-state index contributed by atoms with van der Waals surface area (Å²) in [6.07, 6.45) is 3.30. The van der Waals surface area contributed by atoms with E-state index in [2.05, 4.69) is 10.6 Å². The van der Waals surface area contributed by atoms with E-state index in [9.17, 15) is 9.59 Å². The molecule has 0 saturated carbocycles. The molecule has 0 bridgehead atoms. The first-order valence-corrected chi connectivity index (χ1v) is 7.55. The van der Waals surface area contributed by atoms with Crippen LogP contribution >= 0.6 is 0 Å². The van der Waals surface area contributed by atoms with Crippen LogP contribution in [0.25, 0.3) is 0 Å². The Morgan fingerprint density at radius 2 is 1.65 bits per heavy atom. The van der Waals surface area contributed by atoms with Crippen LogP contribution in [0.15, 0.2) is 0 Å². The lowest BCUT2D eigenvalue weighted by Crippen LogP contribution is -2.47. The van der Waals surface area contributed by atoms with Gasteiger partial charge in [0, 0.05) is 19.0 Å². The van der Waals surface area contributed by atoms with Crippen LogP contribution in [-0.2, 0) is 9.59 Å². The van der Waals surface area contributed by atoms with Gasteiger partial charge in [0.15, 0.2) is 0 Å². The fourth-order valence-electron chi connectivity index (χ4n) is 2.07. The van der Waals surface area contributed by atoms with E-state index in [0.717, 1.165) is 19.3 Å². The summed E-state index contributed by atoms with van der Waals surface area (Å²) in [7, 11) is 1.59. The maximum Gasteiger partial charge on any atom is 0.242 e. The van der Waals surface area contributed by atoms with Crippen LogP contribution in [-0.4, -0.2) is 30.9 Å². The second-order valence-electron chi connectivity index (χ2n) is 6.11. The first kappa shape index (κ1) is 18.9. The van der Waals surface area contributed by atoms with Crippen molar-refractivity contribution in [1.29, 1.82) is 0 Å². The quantitative estimate of drug-likeness (QED) is 0.599. The topological polar surface area (TPSA) is 84.2 Å². The molecule has 0 saturated heterocycles. The van der Waals surface area contributed by atoms with Crippen LogP contribution < -0.4 is 16.4 Å². The maximum absolute atomic E-state index is 12.1. The van der Waals surface area contributed by atoms with E-state index in [-0.39, 0.29) is 23.8 Å². The normalized spacial score (nSPS) is 15.6. The van der Waals surface area contributed by atoms with Crippen molar-refractivity contribution in [2.24, 2.45) is 17.6 Å². The third kappa shape index (κ3) is 8.15. The Morgan fingerprint density at radius 1 is 1.05 bits per heavy atom. The molecule has 0 spiro atoms. The summed E-state index contributed by atoms with van der Waals surface area (Å²) in [4.78, 5) is 23.9. The number of amides is 2. The molecule has 0 aromatic carbocycles. The third-order valence-corrected chi connectivity index (χ3v) is 3.33. The molecule has 0 aromatic heterocycles. The van der Waals surface area contributed by atoms with Crippen molar-refractivity contribution in [3.05, 3.63) is 0 Å². The molecule has 4 N–H and O–H groups in total. The summed E-state index contributed by atoms with van der Waals surface area (Å²) in [5, 5.41) is 5.46. The maximum atomic E-state index is 12.1. The highest BCUT2D eigenvalue weighted by molar-refractivity contribution is 5.88. The van der Waals surface area contributed by atoms with Gasteiger partial charge in [0.2, 0.25) is 11.8 Å². The highest BCUT2D eigenvalue weighted by atomic mass is 16.2. The van der Waals surface area contributed by atoms with Crippen molar-refractivity contribution in [3.8, 4) is 0 Å². The SMILES string of the molecule is CNC(=O)C(CC(C)C)NC(=O)C(C)CCCC(C)N. The number of hydrogen-bond acceptors (Lipinski definition) is 3. The molecule has 3 atom stereocenters. The minimum atomic E-state index is -0.441. The highest BCUT2D eigenvalue weighted by Gasteiger charge is 2.23.